The van der Waals surface area contributed by atoms with Gasteiger partial charge in [0.25, 0.3) is 5.91 Å². The highest BCUT2D eigenvalue weighted by Gasteiger charge is 2.15. The van der Waals surface area contributed by atoms with Crippen molar-refractivity contribution >= 4 is 17.5 Å². The second-order valence-corrected chi connectivity index (χ2v) is 5.24. The van der Waals surface area contributed by atoms with Crippen molar-refractivity contribution in [3.8, 4) is 5.75 Å². The maximum atomic E-state index is 12.1. The molecule has 1 amide bonds. The van der Waals surface area contributed by atoms with Crippen LogP contribution in [-0.2, 0) is 11.3 Å². The topological polar surface area (TPSA) is 38.3 Å². The Labute approximate surface area is 129 Å². The zero-order chi connectivity index (χ0) is 15.2. The predicted molar refractivity (Wildman–Crippen MR) is 84.6 cm³/mol. The molecule has 4 heteroatoms. The first-order valence-electron chi connectivity index (χ1n) is 6.81. The summed E-state index contributed by atoms with van der Waals surface area (Å²) in [5.41, 5.74) is 2.24. The molecule has 0 heterocycles. The van der Waals surface area contributed by atoms with Gasteiger partial charge in [0.15, 0.2) is 6.10 Å². The highest BCUT2D eigenvalue weighted by Crippen LogP contribution is 2.24. The van der Waals surface area contributed by atoms with E-state index in [2.05, 4.69) is 5.32 Å². The van der Waals surface area contributed by atoms with Gasteiger partial charge in [0.2, 0.25) is 0 Å². The van der Waals surface area contributed by atoms with E-state index < -0.39 is 6.10 Å². The number of para-hydroxylation sites is 1. The van der Waals surface area contributed by atoms with Crippen molar-refractivity contribution in [3.05, 3.63) is 64.7 Å². The van der Waals surface area contributed by atoms with Gasteiger partial charge in [-0.05, 0) is 37.1 Å². The lowest BCUT2D eigenvalue weighted by atomic mass is 10.1. The number of nitrogens with one attached hydrogen (secondary N) is 1. The fraction of sp³-hybridized carbons (Fsp3) is 0.235. The first kappa shape index (κ1) is 15.4. The summed E-state index contributed by atoms with van der Waals surface area (Å²) in [5, 5.41) is 3.37. The van der Waals surface area contributed by atoms with E-state index in [1.807, 2.05) is 43.3 Å². The summed E-state index contributed by atoms with van der Waals surface area (Å²) < 4.78 is 5.58. The van der Waals surface area contributed by atoms with E-state index in [1.165, 1.54) is 0 Å². The molecule has 0 unspecified atom stereocenters. The SMILES string of the molecule is Cc1ccccc1CNC(=O)[C@@H](C)Oc1ccccc1Cl. The Morgan fingerprint density at radius 3 is 2.57 bits per heavy atom. The largest absolute Gasteiger partial charge is 0.479 e. The van der Waals surface area contributed by atoms with Crippen LogP contribution in [-0.4, -0.2) is 12.0 Å². The van der Waals surface area contributed by atoms with Gasteiger partial charge in [-0.15, -0.1) is 0 Å². The molecule has 0 aromatic heterocycles. The van der Waals surface area contributed by atoms with Crippen molar-refractivity contribution in [2.75, 3.05) is 0 Å². The van der Waals surface area contributed by atoms with E-state index in [0.29, 0.717) is 17.3 Å². The molecule has 0 aliphatic heterocycles. The molecule has 0 saturated heterocycles. The van der Waals surface area contributed by atoms with Crippen molar-refractivity contribution in [1.29, 1.82) is 0 Å². The summed E-state index contributed by atoms with van der Waals surface area (Å²) in [7, 11) is 0. The Balaban J connectivity index is 1.91. The molecule has 0 aliphatic carbocycles. The molecular formula is C17H18ClNO2. The van der Waals surface area contributed by atoms with E-state index in [4.69, 9.17) is 16.3 Å². The molecule has 21 heavy (non-hydrogen) atoms. The van der Waals surface area contributed by atoms with Gasteiger partial charge in [-0.1, -0.05) is 48.0 Å². The lowest BCUT2D eigenvalue weighted by Gasteiger charge is -2.16. The van der Waals surface area contributed by atoms with Crippen LogP contribution in [0.5, 0.6) is 5.75 Å². The summed E-state index contributed by atoms with van der Waals surface area (Å²) in [6, 6.07) is 15.1. The lowest BCUT2D eigenvalue weighted by Crippen LogP contribution is -2.36. The third kappa shape index (κ3) is 4.23. The average Bonchev–Trinajstić information content (AvgIpc) is 2.48. The molecule has 2 aromatic carbocycles. The highest BCUT2D eigenvalue weighted by atomic mass is 35.5. The Morgan fingerprint density at radius 1 is 1.19 bits per heavy atom. The molecule has 0 saturated carbocycles. The summed E-state index contributed by atoms with van der Waals surface area (Å²) in [4.78, 5) is 12.1. The van der Waals surface area contributed by atoms with Crippen LogP contribution < -0.4 is 10.1 Å². The van der Waals surface area contributed by atoms with Crippen LogP contribution in [0.2, 0.25) is 5.02 Å². The minimum Gasteiger partial charge on any atom is -0.479 e. The van der Waals surface area contributed by atoms with Crippen molar-refractivity contribution in [2.45, 2.75) is 26.5 Å². The van der Waals surface area contributed by atoms with Gasteiger partial charge in [0.1, 0.15) is 5.75 Å². The molecule has 1 N–H and O–H groups in total. The monoisotopic (exact) mass is 303 g/mol. The van der Waals surface area contributed by atoms with Crippen LogP contribution in [0.4, 0.5) is 0 Å². The highest BCUT2D eigenvalue weighted by molar-refractivity contribution is 6.32. The van der Waals surface area contributed by atoms with E-state index in [0.717, 1.165) is 11.1 Å². The number of hydrogen-bond donors (Lipinski definition) is 1. The lowest BCUT2D eigenvalue weighted by molar-refractivity contribution is -0.127. The first-order chi connectivity index (χ1) is 10.1. The minimum atomic E-state index is -0.603. The molecule has 0 aliphatic rings. The fourth-order valence-corrected chi connectivity index (χ4v) is 2.10. The van der Waals surface area contributed by atoms with Crippen molar-refractivity contribution in [1.82, 2.24) is 5.32 Å². The molecule has 3 nitrogen and oxygen atoms in total. The molecule has 2 rings (SSSR count). The molecule has 0 spiro atoms. The summed E-state index contributed by atoms with van der Waals surface area (Å²) in [6.45, 7) is 4.21. The fourth-order valence-electron chi connectivity index (χ4n) is 1.92. The Kier molecular flexibility index (Phi) is 5.23. The number of aryl methyl sites for hydroxylation is 1. The van der Waals surface area contributed by atoms with Crippen LogP contribution in [0.25, 0.3) is 0 Å². The van der Waals surface area contributed by atoms with Gasteiger partial charge in [-0.3, -0.25) is 4.79 Å². The average molecular weight is 304 g/mol. The molecule has 2 aromatic rings. The second-order valence-electron chi connectivity index (χ2n) is 4.83. The Morgan fingerprint density at radius 2 is 1.86 bits per heavy atom. The summed E-state index contributed by atoms with van der Waals surface area (Å²) in [6.07, 6.45) is -0.603. The number of benzene rings is 2. The number of halogens is 1. The third-order valence-corrected chi connectivity index (χ3v) is 3.54. The van der Waals surface area contributed by atoms with Crippen molar-refractivity contribution in [2.24, 2.45) is 0 Å². The molecule has 0 radical (unpaired) electrons. The van der Waals surface area contributed by atoms with Crippen LogP contribution in [0.15, 0.2) is 48.5 Å². The van der Waals surface area contributed by atoms with Gasteiger partial charge in [-0.25, -0.2) is 0 Å². The smallest absolute Gasteiger partial charge is 0.261 e. The van der Waals surface area contributed by atoms with E-state index in [9.17, 15) is 4.79 Å². The second kappa shape index (κ2) is 7.14. The number of ether oxygens (including phenoxy) is 1. The van der Waals surface area contributed by atoms with Crippen molar-refractivity contribution in [3.63, 3.8) is 0 Å². The van der Waals surface area contributed by atoms with Crippen molar-refractivity contribution < 1.29 is 9.53 Å². The summed E-state index contributed by atoms with van der Waals surface area (Å²) >= 11 is 6.01. The first-order valence-corrected chi connectivity index (χ1v) is 7.19. The molecule has 0 fully saturated rings. The molecule has 0 bridgehead atoms. The van der Waals surface area contributed by atoms with Gasteiger partial charge >= 0.3 is 0 Å². The number of hydrogen-bond acceptors (Lipinski definition) is 2. The van der Waals surface area contributed by atoms with E-state index in [1.54, 1.807) is 19.1 Å². The van der Waals surface area contributed by atoms with E-state index >= 15 is 0 Å². The molecular weight excluding hydrogens is 286 g/mol. The Bertz CT molecular complexity index is 628. The minimum absolute atomic E-state index is 0.168. The van der Waals surface area contributed by atoms with Crippen LogP contribution in [0, 0.1) is 6.92 Å². The van der Waals surface area contributed by atoms with E-state index in [-0.39, 0.29) is 5.91 Å². The van der Waals surface area contributed by atoms with Gasteiger partial charge in [0, 0.05) is 6.54 Å². The molecule has 1 atom stereocenters. The van der Waals surface area contributed by atoms with Crippen LogP contribution in [0.3, 0.4) is 0 Å². The zero-order valence-corrected chi connectivity index (χ0v) is 12.9. The zero-order valence-electron chi connectivity index (χ0n) is 12.1. The van der Waals surface area contributed by atoms with Gasteiger partial charge in [0.05, 0.1) is 5.02 Å². The number of carbonyl (C=O) groups excluding carboxylic acids is 1. The number of rotatable bonds is 5. The summed E-state index contributed by atoms with van der Waals surface area (Å²) in [5.74, 6) is 0.343. The predicted octanol–water partition coefficient (Wildman–Crippen LogP) is 3.73. The standard InChI is InChI=1S/C17H18ClNO2/c1-12-7-3-4-8-14(12)11-19-17(20)13(2)21-16-10-6-5-9-15(16)18/h3-10,13H,11H2,1-2H3,(H,19,20)/t13-/m1/s1. The molecule has 110 valence electrons. The van der Waals surface area contributed by atoms with Gasteiger partial charge in [-0.2, -0.15) is 0 Å². The quantitative estimate of drug-likeness (QED) is 0.914. The maximum Gasteiger partial charge on any atom is 0.261 e. The third-order valence-electron chi connectivity index (χ3n) is 3.22. The maximum absolute atomic E-state index is 12.1. The van der Waals surface area contributed by atoms with Crippen LogP contribution in [0.1, 0.15) is 18.1 Å². The van der Waals surface area contributed by atoms with Gasteiger partial charge < -0.3 is 10.1 Å². The number of carbonyl (C=O) groups is 1. The Hall–Kier alpha value is -2.00. The van der Waals surface area contributed by atoms with Crippen LogP contribution >= 0.6 is 11.6 Å². The number of amides is 1. The normalized spacial score (nSPS) is 11.8.